The third kappa shape index (κ3) is 6.19. The highest BCUT2D eigenvalue weighted by Crippen LogP contribution is 2.17. The standard InChI is InChI=1S/C16H26O3/c1-12(2)10-18-7-8-19-11-16(17)15-6-5-13(3)14(4)9-15/h5-6,9,12,16-17H,7-8,10-11H2,1-4H3. The third-order valence-electron chi connectivity index (χ3n) is 3.01. The van der Waals surface area contributed by atoms with E-state index >= 15 is 0 Å². The molecule has 0 saturated carbocycles. The van der Waals surface area contributed by atoms with Crippen molar-refractivity contribution in [1.29, 1.82) is 0 Å². The van der Waals surface area contributed by atoms with Crippen LogP contribution in [-0.2, 0) is 9.47 Å². The molecule has 0 aliphatic rings. The van der Waals surface area contributed by atoms with E-state index in [2.05, 4.69) is 20.8 Å². The summed E-state index contributed by atoms with van der Waals surface area (Å²) >= 11 is 0. The van der Waals surface area contributed by atoms with E-state index in [4.69, 9.17) is 9.47 Å². The Morgan fingerprint density at radius 3 is 2.21 bits per heavy atom. The summed E-state index contributed by atoms with van der Waals surface area (Å²) in [7, 11) is 0. The minimum Gasteiger partial charge on any atom is -0.386 e. The zero-order valence-electron chi connectivity index (χ0n) is 12.5. The molecule has 108 valence electrons. The van der Waals surface area contributed by atoms with Gasteiger partial charge in [-0.05, 0) is 36.5 Å². The summed E-state index contributed by atoms with van der Waals surface area (Å²) < 4.78 is 10.8. The summed E-state index contributed by atoms with van der Waals surface area (Å²) in [5.41, 5.74) is 3.34. The molecule has 1 N–H and O–H groups in total. The van der Waals surface area contributed by atoms with E-state index in [1.165, 1.54) is 11.1 Å². The van der Waals surface area contributed by atoms with Gasteiger partial charge < -0.3 is 14.6 Å². The fourth-order valence-electron chi connectivity index (χ4n) is 1.70. The van der Waals surface area contributed by atoms with Crippen LogP contribution in [0.25, 0.3) is 0 Å². The Bertz CT molecular complexity index is 374. The van der Waals surface area contributed by atoms with Crippen molar-refractivity contribution in [3.63, 3.8) is 0 Å². The van der Waals surface area contributed by atoms with Gasteiger partial charge in [-0.25, -0.2) is 0 Å². The Balaban J connectivity index is 2.23. The second kappa shape index (κ2) is 8.31. The summed E-state index contributed by atoms with van der Waals surface area (Å²) in [4.78, 5) is 0. The molecule has 0 heterocycles. The van der Waals surface area contributed by atoms with Gasteiger partial charge in [-0.15, -0.1) is 0 Å². The van der Waals surface area contributed by atoms with Crippen molar-refractivity contribution in [1.82, 2.24) is 0 Å². The van der Waals surface area contributed by atoms with Gasteiger partial charge in [0.1, 0.15) is 6.10 Å². The normalized spacial score (nSPS) is 12.9. The molecule has 1 unspecified atom stereocenters. The number of aliphatic hydroxyl groups excluding tert-OH is 1. The maximum atomic E-state index is 10.0. The molecule has 0 aliphatic heterocycles. The van der Waals surface area contributed by atoms with Crippen LogP contribution in [0.5, 0.6) is 0 Å². The molecule has 0 aliphatic carbocycles. The van der Waals surface area contributed by atoms with Gasteiger partial charge in [-0.2, -0.15) is 0 Å². The van der Waals surface area contributed by atoms with E-state index in [-0.39, 0.29) is 0 Å². The first-order valence-corrected chi connectivity index (χ1v) is 6.91. The Hall–Kier alpha value is -0.900. The van der Waals surface area contributed by atoms with Crippen LogP contribution in [-0.4, -0.2) is 31.5 Å². The van der Waals surface area contributed by atoms with Crippen LogP contribution < -0.4 is 0 Å². The van der Waals surface area contributed by atoms with Crippen LogP contribution in [0.2, 0.25) is 0 Å². The second-order valence-corrected chi connectivity index (χ2v) is 5.40. The Morgan fingerprint density at radius 2 is 1.63 bits per heavy atom. The molecule has 1 rings (SSSR count). The Labute approximate surface area is 116 Å². The SMILES string of the molecule is Cc1ccc(C(O)COCCOCC(C)C)cc1C. The largest absolute Gasteiger partial charge is 0.386 e. The average molecular weight is 266 g/mol. The lowest BCUT2D eigenvalue weighted by Crippen LogP contribution is -2.13. The minimum atomic E-state index is -0.565. The first-order valence-electron chi connectivity index (χ1n) is 6.91. The van der Waals surface area contributed by atoms with Gasteiger partial charge in [-0.1, -0.05) is 32.0 Å². The van der Waals surface area contributed by atoms with E-state index in [0.29, 0.717) is 25.7 Å². The molecule has 1 atom stereocenters. The number of aryl methyl sites for hydroxylation is 2. The third-order valence-corrected chi connectivity index (χ3v) is 3.01. The van der Waals surface area contributed by atoms with Crippen molar-refractivity contribution in [3.05, 3.63) is 34.9 Å². The number of hydrogen-bond donors (Lipinski definition) is 1. The topological polar surface area (TPSA) is 38.7 Å². The van der Waals surface area contributed by atoms with E-state index in [0.717, 1.165) is 12.2 Å². The molecule has 1 aromatic carbocycles. The van der Waals surface area contributed by atoms with Crippen molar-refractivity contribution >= 4 is 0 Å². The van der Waals surface area contributed by atoms with Crippen molar-refractivity contribution in [2.24, 2.45) is 5.92 Å². The van der Waals surface area contributed by atoms with E-state index in [1.807, 2.05) is 25.1 Å². The monoisotopic (exact) mass is 266 g/mol. The van der Waals surface area contributed by atoms with Crippen molar-refractivity contribution in [3.8, 4) is 0 Å². The average Bonchev–Trinajstić information content (AvgIpc) is 2.36. The van der Waals surface area contributed by atoms with E-state index < -0.39 is 6.10 Å². The van der Waals surface area contributed by atoms with E-state index in [9.17, 15) is 5.11 Å². The summed E-state index contributed by atoms with van der Waals surface area (Å²) in [6.07, 6.45) is -0.565. The molecule has 0 amide bonds. The number of aliphatic hydroxyl groups is 1. The molecule has 3 nitrogen and oxygen atoms in total. The number of rotatable bonds is 8. The van der Waals surface area contributed by atoms with E-state index in [1.54, 1.807) is 0 Å². The highest BCUT2D eigenvalue weighted by atomic mass is 16.5. The lowest BCUT2D eigenvalue weighted by atomic mass is 10.0. The number of hydrogen-bond acceptors (Lipinski definition) is 3. The smallest absolute Gasteiger partial charge is 0.102 e. The van der Waals surface area contributed by atoms with Crippen LogP contribution in [0.3, 0.4) is 0 Å². The molecule has 0 spiro atoms. The molecule has 1 aromatic rings. The zero-order chi connectivity index (χ0) is 14.3. The van der Waals surface area contributed by atoms with Crippen LogP contribution in [0, 0.1) is 19.8 Å². The number of benzene rings is 1. The van der Waals surface area contributed by atoms with Crippen LogP contribution >= 0.6 is 0 Å². The lowest BCUT2D eigenvalue weighted by Gasteiger charge is -2.13. The molecular formula is C16H26O3. The molecule has 0 fully saturated rings. The van der Waals surface area contributed by atoms with Gasteiger partial charge in [0.15, 0.2) is 0 Å². The molecule has 0 aromatic heterocycles. The summed E-state index contributed by atoms with van der Waals surface area (Å²) in [6.45, 7) is 10.5. The molecular weight excluding hydrogens is 240 g/mol. The molecule has 19 heavy (non-hydrogen) atoms. The van der Waals surface area contributed by atoms with Crippen molar-refractivity contribution in [2.75, 3.05) is 26.4 Å². The maximum Gasteiger partial charge on any atom is 0.102 e. The first-order chi connectivity index (χ1) is 9.00. The fraction of sp³-hybridized carbons (Fsp3) is 0.625. The summed E-state index contributed by atoms with van der Waals surface area (Å²) in [5.74, 6) is 0.543. The highest BCUT2D eigenvalue weighted by molar-refractivity contribution is 5.31. The fourth-order valence-corrected chi connectivity index (χ4v) is 1.70. The van der Waals surface area contributed by atoms with Gasteiger partial charge in [0.05, 0.1) is 19.8 Å². The predicted octanol–water partition coefficient (Wildman–Crippen LogP) is 3.03. The molecule has 0 saturated heterocycles. The van der Waals surface area contributed by atoms with Gasteiger partial charge in [0.2, 0.25) is 0 Å². The highest BCUT2D eigenvalue weighted by Gasteiger charge is 2.08. The number of ether oxygens (including phenoxy) is 2. The first kappa shape index (κ1) is 16.2. The maximum absolute atomic E-state index is 10.0. The molecule has 3 heteroatoms. The lowest BCUT2D eigenvalue weighted by molar-refractivity contribution is -0.00123. The van der Waals surface area contributed by atoms with Gasteiger partial charge >= 0.3 is 0 Å². The Morgan fingerprint density at radius 1 is 1.00 bits per heavy atom. The van der Waals surface area contributed by atoms with Crippen LogP contribution in [0.1, 0.15) is 36.6 Å². The van der Waals surface area contributed by atoms with Crippen molar-refractivity contribution in [2.45, 2.75) is 33.8 Å². The van der Waals surface area contributed by atoms with Gasteiger partial charge in [0, 0.05) is 6.61 Å². The molecule has 0 bridgehead atoms. The summed E-state index contributed by atoms with van der Waals surface area (Å²) in [6, 6.07) is 5.99. The zero-order valence-corrected chi connectivity index (χ0v) is 12.5. The Kier molecular flexibility index (Phi) is 7.06. The van der Waals surface area contributed by atoms with Gasteiger partial charge in [-0.3, -0.25) is 0 Å². The second-order valence-electron chi connectivity index (χ2n) is 5.40. The van der Waals surface area contributed by atoms with Crippen LogP contribution in [0.15, 0.2) is 18.2 Å². The van der Waals surface area contributed by atoms with Gasteiger partial charge in [0.25, 0.3) is 0 Å². The minimum absolute atomic E-state index is 0.313. The van der Waals surface area contributed by atoms with Crippen LogP contribution in [0.4, 0.5) is 0 Å². The quantitative estimate of drug-likeness (QED) is 0.735. The molecule has 0 radical (unpaired) electrons. The summed E-state index contributed by atoms with van der Waals surface area (Å²) in [5, 5.41) is 10.0. The predicted molar refractivity (Wildman–Crippen MR) is 77.4 cm³/mol. The van der Waals surface area contributed by atoms with Crippen molar-refractivity contribution < 1.29 is 14.6 Å².